The second-order valence-corrected chi connectivity index (χ2v) is 13.9. The zero-order chi connectivity index (χ0) is 37.0. The summed E-state index contributed by atoms with van der Waals surface area (Å²) in [5, 5.41) is 4.39. The predicted molar refractivity (Wildman–Crippen MR) is 228 cm³/mol. The molecule has 11 aromatic rings. The number of nitrogens with zero attached hydrogens (tertiary/aromatic N) is 6. The lowest BCUT2D eigenvalue weighted by Gasteiger charge is -2.14. The van der Waals surface area contributed by atoms with E-state index in [1.54, 1.807) is 0 Å². The van der Waals surface area contributed by atoms with Crippen molar-refractivity contribution in [1.29, 1.82) is 0 Å². The Morgan fingerprint density at radius 1 is 0.339 bits per heavy atom. The normalized spacial score (nSPS) is 11.6. The number of pyridine rings is 1. The van der Waals surface area contributed by atoms with Crippen LogP contribution in [0.4, 0.5) is 0 Å². The van der Waals surface area contributed by atoms with E-state index < -0.39 is 0 Å². The molecule has 0 radical (unpaired) electrons. The summed E-state index contributed by atoms with van der Waals surface area (Å²) in [5.74, 6) is 1.75. The lowest BCUT2D eigenvalue weighted by Crippen LogP contribution is -2.07. The SMILES string of the molecule is c1ccc(-c2ccc(-c3nc(-c4ccccc4)nc(-n4c5ccccc5c5ccc6c7cccnc7n(-c7cccc(-c8ccccc8)c7)c6c54)n3)cc2)cc1. The van der Waals surface area contributed by atoms with Gasteiger partial charge in [0.25, 0.3) is 0 Å². The number of hydrogen-bond acceptors (Lipinski definition) is 4. The molecule has 0 bridgehead atoms. The molecule has 0 aliphatic carbocycles. The molecule has 0 atom stereocenters. The van der Waals surface area contributed by atoms with Gasteiger partial charge in [0.2, 0.25) is 5.95 Å². The first kappa shape index (κ1) is 31.8. The van der Waals surface area contributed by atoms with Crippen LogP contribution in [0, 0.1) is 0 Å². The molecular formula is C50H32N6. The van der Waals surface area contributed by atoms with Gasteiger partial charge in [-0.3, -0.25) is 9.13 Å². The summed E-state index contributed by atoms with van der Waals surface area (Å²) in [4.78, 5) is 20.7. The third-order valence-electron chi connectivity index (χ3n) is 10.6. The van der Waals surface area contributed by atoms with Gasteiger partial charge in [-0.2, -0.15) is 9.97 Å². The topological polar surface area (TPSA) is 61.4 Å². The quantitative estimate of drug-likeness (QED) is 0.172. The zero-order valence-electron chi connectivity index (χ0n) is 30.2. The predicted octanol–water partition coefficient (Wildman–Crippen LogP) is 12.1. The van der Waals surface area contributed by atoms with Crippen molar-refractivity contribution in [3.63, 3.8) is 0 Å². The Balaban J connectivity index is 1.22. The summed E-state index contributed by atoms with van der Waals surface area (Å²) < 4.78 is 4.52. The van der Waals surface area contributed by atoms with E-state index >= 15 is 0 Å². The molecule has 0 aliphatic rings. The van der Waals surface area contributed by atoms with Crippen LogP contribution >= 0.6 is 0 Å². The van der Waals surface area contributed by atoms with Crippen LogP contribution in [0.5, 0.6) is 0 Å². The highest BCUT2D eigenvalue weighted by molar-refractivity contribution is 6.23. The first-order chi connectivity index (χ1) is 27.8. The van der Waals surface area contributed by atoms with Crippen LogP contribution < -0.4 is 0 Å². The van der Waals surface area contributed by atoms with Gasteiger partial charge >= 0.3 is 0 Å². The van der Waals surface area contributed by atoms with Gasteiger partial charge in [-0.25, -0.2) is 9.97 Å². The summed E-state index contributed by atoms with van der Waals surface area (Å²) in [6, 6.07) is 65.4. The molecule has 7 aromatic carbocycles. The van der Waals surface area contributed by atoms with E-state index in [-0.39, 0.29) is 0 Å². The summed E-state index contributed by atoms with van der Waals surface area (Å²) in [5.41, 5.74) is 11.4. The van der Waals surface area contributed by atoms with Gasteiger partial charge in [-0.1, -0.05) is 158 Å². The maximum absolute atomic E-state index is 5.31. The van der Waals surface area contributed by atoms with Gasteiger partial charge in [0.15, 0.2) is 11.6 Å². The van der Waals surface area contributed by atoms with Gasteiger partial charge in [0, 0.05) is 44.6 Å². The standard InChI is InChI=1S/C50H32N6/c1-4-14-33(15-5-1)35-25-27-37(28-26-35)48-52-47(36-18-8-3-9-19-36)53-50(54-48)56-44-24-11-10-22-40(44)41-29-30-42-43-23-13-31-51-49(43)55(45(42)46(41)56)39-21-12-20-38(32-39)34-16-6-2-7-17-34/h1-32H. The molecule has 0 fully saturated rings. The highest BCUT2D eigenvalue weighted by Crippen LogP contribution is 2.41. The van der Waals surface area contributed by atoms with Crippen molar-refractivity contribution in [2.45, 2.75) is 0 Å². The largest absolute Gasteiger partial charge is 0.292 e. The number of para-hydroxylation sites is 1. The van der Waals surface area contributed by atoms with E-state index in [4.69, 9.17) is 19.9 Å². The molecule has 6 heteroatoms. The monoisotopic (exact) mass is 716 g/mol. The zero-order valence-corrected chi connectivity index (χ0v) is 30.2. The number of rotatable bonds is 6. The fourth-order valence-electron chi connectivity index (χ4n) is 8.04. The molecule has 56 heavy (non-hydrogen) atoms. The summed E-state index contributed by atoms with van der Waals surface area (Å²) >= 11 is 0. The van der Waals surface area contributed by atoms with Crippen LogP contribution in [0.1, 0.15) is 0 Å². The minimum Gasteiger partial charge on any atom is -0.292 e. The summed E-state index contributed by atoms with van der Waals surface area (Å²) in [6.45, 7) is 0. The highest BCUT2D eigenvalue weighted by atomic mass is 15.2. The Morgan fingerprint density at radius 3 is 1.57 bits per heavy atom. The molecular weight excluding hydrogens is 685 g/mol. The Hall–Kier alpha value is -7.70. The number of fused-ring (bicyclic) bond motifs is 7. The fourth-order valence-corrected chi connectivity index (χ4v) is 8.04. The van der Waals surface area contributed by atoms with Crippen LogP contribution in [0.3, 0.4) is 0 Å². The van der Waals surface area contributed by atoms with Crippen LogP contribution in [0.25, 0.3) is 100 Å². The summed E-state index contributed by atoms with van der Waals surface area (Å²) in [6.07, 6.45) is 1.87. The van der Waals surface area contributed by atoms with Crippen molar-refractivity contribution >= 4 is 43.7 Å². The molecule has 0 aliphatic heterocycles. The van der Waals surface area contributed by atoms with Crippen LogP contribution in [-0.2, 0) is 0 Å². The lowest BCUT2D eigenvalue weighted by molar-refractivity contribution is 0.953. The van der Waals surface area contributed by atoms with Crippen molar-refractivity contribution in [1.82, 2.24) is 29.1 Å². The van der Waals surface area contributed by atoms with Gasteiger partial charge in [-0.05, 0) is 52.6 Å². The number of hydrogen-bond donors (Lipinski definition) is 0. The summed E-state index contributed by atoms with van der Waals surface area (Å²) in [7, 11) is 0. The van der Waals surface area contributed by atoms with Crippen LogP contribution in [-0.4, -0.2) is 29.1 Å². The smallest absolute Gasteiger partial charge is 0.238 e. The van der Waals surface area contributed by atoms with Crippen molar-refractivity contribution in [3.05, 3.63) is 194 Å². The average Bonchev–Trinajstić information content (AvgIpc) is 3.80. The maximum atomic E-state index is 5.31. The maximum Gasteiger partial charge on any atom is 0.238 e. The third kappa shape index (κ3) is 5.19. The second kappa shape index (κ2) is 13.0. The lowest BCUT2D eigenvalue weighted by atomic mass is 10.0. The average molecular weight is 717 g/mol. The highest BCUT2D eigenvalue weighted by Gasteiger charge is 2.24. The first-order valence-corrected chi connectivity index (χ1v) is 18.7. The molecule has 11 rings (SSSR count). The molecule has 0 N–H and O–H groups in total. The van der Waals surface area contributed by atoms with Gasteiger partial charge < -0.3 is 0 Å². The second-order valence-electron chi connectivity index (χ2n) is 13.9. The van der Waals surface area contributed by atoms with Crippen molar-refractivity contribution in [2.24, 2.45) is 0 Å². The third-order valence-corrected chi connectivity index (χ3v) is 10.6. The van der Waals surface area contributed by atoms with Crippen molar-refractivity contribution in [2.75, 3.05) is 0 Å². The molecule has 262 valence electrons. The first-order valence-electron chi connectivity index (χ1n) is 18.7. The molecule has 6 nitrogen and oxygen atoms in total. The van der Waals surface area contributed by atoms with E-state index in [1.807, 2.05) is 36.5 Å². The van der Waals surface area contributed by atoms with Gasteiger partial charge in [-0.15, -0.1) is 0 Å². The fraction of sp³-hybridized carbons (Fsp3) is 0. The molecule has 0 spiro atoms. The van der Waals surface area contributed by atoms with E-state index in [1.165, 1.54) is 0 Å². The Kier molecular flexibility index (Phi) is 7.38. The molecule has 4 aromatic heterocycles. The molecule has 0 saturated heterocycles. The van der Waals surface area contributed by atoms with Gasteiger partial charge in [0.05, 0.1) is 16.6 Å². The van der Waals surface area contributed by atoms with E-state index in [0.29, 0.717) is 17.6 Å². The van der Waals surface area contributed by atoms with Crippen molar-refractivity contribution in [3.8, 4) is 56.7 Å². The molecule has 0 unspecified atom stereocenters. The number of aromatic nitrogens is 6. The number of benzene rings is 7. The molecule has 0 amide bonds. The minimum absolute atomic E-state index is 0.544. The van der Waals surface area contributed by atoms with E-state index in [0.717, 1.165) is 82.8 Å². The van der Waals surface area contributed by atoms with E-state index in [9.17, 15) is 0 Å². The molecule has 4 heterocycles. The Bertz CT molecular complexity index is 3220. The Morgan fingerprint density at radius 2 is 0.857 bits per heavy atom. The minimum atomic E-state index is 0.544. The van der Waals surface area contributed by atoms with E-state index in [2.05, 4.69) is 167 Å². The van der Waals surface area contributed by atoms with Gasteiger partial charge in [0.1, 0.15) is 5.65 Å². The molecule has 0 saturated carbocycles. The van der Waals surface area contributed by atoms with Crippen LogP contribution in [0.2, 0.25) is 0 Å². The van der Waals surface area contributed by atoms with Crippen LogP contribution in [0.15, 0.2) is 194 Å². The van der Waals surface area contributed by atoms with Crippen molar-refractivity contribution < 1.29 is 0 Å². The Labute approximate surface area is 322 Å².